The second-order valence-electron chi connectivity index (χ2n) is 6.38. The van der Waals surface area contributed by atoms with E-state index in [1.807, 2.05) is 19.1 Å². The summed E-state index contributed by atoms with van der Waals surface area (Å²) in [5.41, 5.74) is 2.05. The van der Waals surface area contributed by atoms with E-state index in [-0.39, 0.29) is 18.0 Å². The van der Waals surface area contributed by atoms with E-state index in [9.17, 15) is 9.59 Å². The molecule has 0 radical (unpaired) electrons. The SMILES string of the molecule is Cc1cc(C)n(CCC(=O)NCc2cc(CC(C)C)no2)c(=O)n1. The average Bonchev–Trinajstić information content (AvgIpc) is 2.90. The standard InChI is InChI=1S/C17H24N4O3/c1-11(2)7-14-9-15(24-20-14)10-18-16(22)5-6-21-13(4)8-12(3)19-17(21)23/h8-9,11H,5-7,10H2,1-4H3,(H,18,22). The second kappa shape index (κ2) is 7.90. The Kier molecular flexibility index (Phi) is 5.89. The number of nitrogens with one attached hydrogen (secondary N) is 1. The number of hydrogen-bond donors (Lipinski definition) is 1. The minimum atomic E-state index is -0.325. The van der Waals surface area contributed by atoms with Gasteiger partial charge < -0.3 is 9.84 Å². The molecule has 0 aromatic carbocycles. The van der Waals surface area contributed by atoms with Crippen molar-refractivity contribution in [3.8, 4) is 0 Å². The largest absolute Gasteiger partial charge is 0.359 e. The molecule has 0 saturated heterocycles. The van der Waals surface area contributed by atoms with Gasteiger partial charge in [-0.2, -0.15) is 4.98 Å². The topological polar surface area (TPSA) is 90.0 Å². The molecule has 2 aromatic rings. The normalized spacial score (nSPS) is 11.0. The maximum atomic E-state index is 12.0. The van der Waals surface area contributed by atoms with Gasteiger partial charge in [-0.3, -0.25) is 9.36 Å². The van der Waals surface area contributed by atoms with E-state index in [1.54, 1.807) is 6.92 Å². The van der Waals surface area contributed by atoms with Gasteiger partial charge >= 0.3 is 5.69 Å². The molecular weight excluding hydrogens is 308 g/mol. The Morgan fingerprint density at radius 1 is 1.33 bits per heavy atom. The van der Waals surface area contributed by atoms with Crippen molar-refractivity contribution in [2.45, 2.75) is 53.6 Å². The van der Waals surface area contributed by atoms with E-state index >= 15 is 0 Å². The molecule has 0 aliphatic rings. The maximum absolute atomic E-state index is 12.0. The zero-order chi connectivity index (χ0) is 17.7. The number of carbonyl (C=O) groups is 1. The molecule has 0 fully saturated rings. The average molecular weight is 332 g/mol. The molecule has 7 nitrogen and oxygen atoms in total. The van der Waals surface area contributed by atoms with Crippen molar-refractivity contribution >= 4 is 5.91 Å². The molecule has 0 atom stereocenters. The van der Waals surface area contributed by atoms with Gasteiger partial charge in [0.05, 0.1) is 12.2 Å². The number of carbonyl (C=O) groups excluding carboxylic acids is 1. The third-order valence-electron chi connectivity index (χ3n) is 3.59. The Labute approximate surface area is 141 Å². The van der Waals surface area contributed by atoms with Crippen molar-refractivity contribution in [3.63, 3.8) is 0 Å². The first kappa shape index (κ1) is 17.9. The van der Waals surface area contributed by atoms with Crippen LogP contribution in [0.3, 0.4) is 0 Å². The molecule has 1 N–H and O–H groups in total. The number of amides is 1. The van der Waals surface area contributed by atoms with Gasteiger partial charge in [0.15, 0.2) is 5.76 Å². The fourth-order valence-electron chi connectivity index (χ4n) is 2.49. The lowest BCUT2D eigenvalue weighted by molar-refractivity contribution is -0.121. The number of aryl methyl sites for hydroxylation is 2. The summed E-state index contributed by atoms with van der Waals surface area (Å²) in [7, 11) is 0. The van der Waals surface area contributed by atoms with Crippen molar-refractivity contribution in [2.24, 2.45) is 5.92 Å². The third kappa shape index (κ3) is 5.04. The Bertz CT molecular complexity index is 761. The molecule has 2 rings (SSSR count). The maximum Gasteiger partial charge on any atom is 0.347 e. The van der Waals surface area contributed by atoms with Crippen LogP contribution in [-0.2, 0) is 24.3 Å². The van der Waals surface area contributed by atoms with Crippen LogP contribution in [-0.4, -0.2) is 20.6 Å². The van der Waals surface area contributed by atoms with Crippen LogP contribution < -0.4 is 11.0 Å². The number of nitrogens with zero attached hydrogens (tertiary/aromatic N) is 3. The summed E-state index contributed by atoms with van der Waals surface area (Å²) in [6, 6.07) is 3.68. The molecule has 7 heteroatoms. The lowest BCUT2D eigenvalue weighted by Gasteiger charge is -2.09. The van der Waals surface area contributed by atoms with Crippen LogP contribution in [0.1, 0.15) is 43.1 Å². The van der Waals surface area contributed by atoms with E-state index in [2.05, 4.69) is 29.3 Å². The summed E-state index contributed by atoms with van der Waals surface area (Å²) in [5, 5.41) is 6.76. The fourth-order valence-corrected chi connectivity index (χ4v) is 2.49. The second-order valence-corrected chi connectivity index (χ2v) is 6.38. The summed E-state index contributed by atoms with van der Waals surface area (Å²) in [6.45, 7) is 8.43. The zero-order valence-electron chi connectivity index (χ0n) is 14.6. The molecule has 0 bridgehead atoms. The fraction of sp³-hybridized carbons (Fsp3) is 0.529. The molecule has 24 heavy (non-hydrogen) atoms. The van der Waals surface area contributed by atoms with Crippen LogP contribution >= 0.6 is 0 Å². The quantitative estimate of drug-likeness (QED) is 0.834. The van der Waals surface area contributed by atoms with Crippen LogP contribution in [0.4, 0.5) is 0 Å². The van der Waals surface area contributed by atoms with Gasteiger partial charge in [0.25, 0.3) is 0 Å². The summed E-state index contributed by atoms with van der Waals surface area (Å²) >= 11 is 0. The van der Waals surface area contributed by atoms with Crippen molar-refractivity contribution in [1.82, 2.24) is 20.0 Å². The smallest absolute Gasteiger partial charge is 0.347 e. The minimum Gasteiger partial charge on any atom is -0.359 e. The van der Waals surface area contributed by atoms with E-state index in [0.717, 1.165) is 17.8 Å². The number of rotatable bonds is 7. The first-order valence-corrected chi connectivity index (χ1v) is 8.11. The highest BCUT2D eigenvalue weighted by molar-refractivity contribution is 5.75. The van der Waals surface area contributed by atoms with Gasteiger partial charge in [0, 0.05) is 30.4 Å². The lowest BCUT2D eigenvalue weighted by Crippen LogP contribution is -2.29. The van der Waals surface area contributed by atoms with E-state index < -0.39 is 0 Å². The Morgan fingerprint density at radius 3 is 2.75 bits per heavy atom. The van der Waals surface area contributed by atoms with Gasteiger partial charge in [-0.1, -0.05) is 19.0 Å². The first-order valence-electron chi connectivity index (χ1n) is 8.11. The highest BCUT2D eigenvalue weighted by Crippen LogP contribution is 2.09. The summed E-state index contributed by atoms with van der Waals surface area (Å²) in [5.74, 6) is 0.982. The van der Waals surface area contributed by atoms with Crippen molar-refractivity contribution in [2.75, 3.05) is 0 Å². The van der Waals surface area contributed by atoms with Crippen LogP contribution in [0.2, 0.25) is 0 Å². The molecule has 130 valence electrons. The molecule has 0 unspecified atom stereocenters. The predicted molar refractivity (Wildman–Crippen MR) is 89.5 cm³/mol. The van der Waals surface area contributed by atoms with Gasteiger partial charge in [-0.25, -0.2) is 4.79 Å². The molecule has 0 aliphatic heterocycles. The molecule has 2 aromatic heterocycles. The third-order valence-corrected chi connectivity index (χ3v) is 3.59. The van der Waals surface area contributed by atoms with E-state index in [1.165, 1.54) is 4.57 Å². The highest BCUT2D eigenvalue weighted by atomic mass is 16.5. The van der Waals surface area contributed by atoms with Gasteiger partial charge in [0.1, 0.15) is 0 Å². The lowest BCUT2D eigenvalue weighted by atomic mass is 10.1. The Hall–Kier alpha value is -2.44. The molecule has 0 spiro atoms. The van der Waals surface area contributed by atoms with Gasteiger partial charge in [-0.05, 0) is 32.3 Å². The van der Waals surface area contributed by atoms with E-state index in [4.69, 9.17) is 4.52 Å². The van der Waals surface area contributed by atoms with Crippen molar-refractivity contribution in [3.05, 3.63) is 45.5 Å². The monoisotopic (exact) mass is 332 g/mol. The van der Waals surface area contributed by atoms with Gasteiger partial charge in [-0.15, -0.1) is 0 Å². The minimum absolute atomic E-state index is 0.149. The predicted octanol–water partition coefficient (Wildman–Crippen LogP) is 1.75. The summed E-state index contributed by atoms with van der Waals surface area (Å²) in [4.78, 5) is 27.7. The Morgan fingerprint density at radius 2 is 2.08 bits per heavy atom. The van der Waals surface area contributed by atoms with Crippen LogP contribution in [0.5, 0.6) is 0 Å². The summed E-state index contributed by atoms with van der Waals surface area (Å²) < 4.78 is 6.70. The van der Waals surface area contributed by atoms with Crippen molar-refractivity contribution < 1.29 is 9.32 Å². The first-order chi connectivity index (χ1) is 11.3. The zero-order valence-corrected chi connectivity index (χ0v) is 14.6. The molecule has 1 amide bonds. The summed E-state index contributed by atoms with van der Waals surface area (Å²) in [6.07, 6.45) is 1.05. The van der Waals surface area contributed by atoms with Crippen molar-refractivity contribution in [1.29, 1.82) is 0 Å². The molecular formula is C17H24N4O3. The number of hydrogen-bond acceptors (Lipinski definition) is 5. The number of aromatic nitrogens is 3. The van der Waals surface area contributed by atoms with Crippen LogP contribution in [0, 0.1) is 19.8 Å². The Balaban J connectivity index is 1.84. The van der Waals surface area contributed by atoms with Crippen LogP contribution in [0.25, 0.3) is 0 Å². The van der Waals surface area contributed by atoms with E-state index in [0.29, 0.717) is 30.5 Å². The molecule has 0 saturated carbocycles. The van der Waals surface area contributed by atoms with Gasteiger partial charge in [0.2, 0.25) is 5.91 Å². The molecule has 2 heterocycles. The van der Waals surface area contributed by atoms with Crippen LogP contribution in [0.15, 0.2) is 21.5 Å². The molecule has 0 aliphatic carbocycles. The highest BCUT2D eigenvalue weighted by Gasteiger charge is 2.09.